The third kappa shape index (κ3) is 8.31. The highest BCUT2D eigenvalue weighted by atomic mass is 127. The van der Waals surface area contributed by atoms with Crippen LogP contribution in [0.3, 0.4) is 0 Å². The monoisotopic (exact) mass is 526 g/mol. The minimum Gasteiger partial charge on any atom is -1.00 e. The molecule has 1 unspecified atom stereocenters. The summed E-state index contributed by atoms with van der Waals surface area (Å²) in [7, 11) is 6.59. The first-order valence-electron chi connectivity index (χ1n) is 7.61. The van der Waals surface area contributed by atoms with E-state index in [-0.39, 0.29) is 53.9 Å². The Hall–Kier alpha value is 0.850. The molecule has 0 bridgehead atoms. The molecule has 1 aliphatic heterocycles. The van der Waals surface area contributed by atoms with Crippen LogP contribution in [0.2, 0.25) is 0 Å². The Morgan fingerprint density at radius 3 is 2.24 bits per heavy atom. The van der Waals surface area contributed by atoms with Crippen molar-refractivity contribution in [1.29, 1.82) is 0 Å². The van der Waals surface area contributed by atoms with Crippen molar-refractivity contribution in [3.63, 3.8) is 0 Å². The van der Waals surface area contributed by atoms with Gasteiger partial charge in [-0.1, -0.05) is 0 Å². The SMILES string of the molecule is CC[N+](C)(C)CCOC(=O)CC(C)[N+]1(C)CCCC1.[I-].[I-]. The minimum absolute atomic E-state index is 0. The van der Waals surface area contributed by atoms with Crippen LogP contribution < -0.4 is 48.0 Å². The highest BCUT2D eigenvalue weighted by Gasteiger charge is 2.34. The molecule has 4 nitrogen and oxygen atoms in total. The second-order valence-corrected chi connectivity index (χ2v) is 6.88. The summed E-state index contributed by atoms with van der Waals surface area (Å²) in [5, 5.41) is 0. The summed E-state index contributed by atoms with van der Waals surface area (Å²) in [5.74, 6) is -0.0325. The molecule has 0 N–H and O–H groups in total. The maximum absolute atomic E-state index is 11.9. The summed E-state index contributed by atoms with van der Waals surface area (Å²) in [5.41, 5.74) is 0. The summed E-state index contributed by atoms with van der Waals surface area (Å²) in [6, 6.07) is 0.378. The minimum atomic E-state index is -0.0325. The van der Waals surface area contributed by atoms with E-state index in [4.69, 9.17) is 4.74 Å². The number of quaternary nitrogens is 2. The van der Waals surface area contributed by atoms with Crippen molar-refractivity contribution in [2.24, 2.45) is 0 Å². The fourth-order valence-electron chi connectivity index (χ4n) is 2.58. The van der Waals surface area contributed by atoms with Gasteiger partial charge in [0, 0.05) is 12.8 Å². The van der Waals surface area contributed by atoms with Crippen LogP contribution in [0.5, 0.6) is 0 Å². The molecule has 0 spiro atoms. The van der Waals surface area contributed by atoms with Crippen LogP contribution in [0, 0.1) is 0 Å². The Kier molecular flexibility index (Phi) is 12.2. The number of hydrogen-bond donors (Lipinski definition) is 0. The standard InChI is InChI=1S/C15H32N2O2.2HI/c1-6-16(3,4)11-12-19-15(18)13-14(2)17(5)9-7-8-10-17;;/h14H,6-13H2,1-5H3;2*1H/q+2;;/p-2. The molecule has 1 heterocycles. The number of ether oxygens (including phenoxy) is 1. The Morgan fingerprint density at radius 2 is 1.76 bits per heavy atom. The molecule has 1 saturated heterocycles. The Balaban J connectivity index is 0. The summed E-state index contributed by atoms with van der Waals surface area (Å²) in [4.78, 5) is 11.9. The highest BCUT2D eigenvalue weighted by Crippen LogP contribution is 2.22. The number of likely N-dealkylation sites (tertiary alicyclic amines) is 1. The van der Waals surface area contributed by atoms with Gasteiger partial charge in [-0.15, -0.1) is 0 Å². The first-order valence-corrected chi connectivity index (χ1v) is 7.61. The van der Waals surface area contributed by atoms with Crippen molar-refractivity contribution in [3.05, 3.63) is 0 Å². The van der Waals surface area contributed by atoms with Crippen molar-refractivity contribution in [1.82, 2.24) is 0 Å². The first-order chi connectivity index (χ1) is 8.79. The van der Waals surface area contributed by atoms with Gasteiger partial charge in [-0.2, -0.15) is 0 Å². The van der Waals surface area contributed by atoms with E-state index in [1.165, 1.54) is 25.9 Å². The van der Waals surface area contributed by atoms with Gasteiger partial charge < -0.3 is 61.7 Å². The van der Waals surface area contributed by atoms with Gasteiger partial charge in [-0.05, 0) is 13.8 Å². The largest absolute Gasteiger partial charge is 1.00 e. The molecule has 1 fully saturated rings. The zero-order valence-corrected chi connectivity index (χ0v) is 18.5. The Morgan fingerprint density at radius 1 is 1.24 bits per heavy atom. The Labute approximate surface area is 164 Å². The summed E-state index contributed by atoms with van der Waals surface area (Å²) < 4.78 is 7.32. The lowest BCUT2D eigenvalue weighted by molar-refractivity contribution is -0.919. The molecule has 0 radical (unpaired) electrons. The maximum atomic E-state index is 11.9. The van der Waals surface area contributed by atoms with Crippen LogP contribution in [-0.2, 0) is 9.53 Å². The first kappa shape index (κ1) is 24.1. The molecule has 21 heavy (non-hydrogen) atoms. The molecular weight excluding hydrogens is 494 g/mol. The topological polar surface area (TPSA) is 26.3 Å². The molecule has 128 valence electrons. The van der Waals surface area contributed by atoms with Gasteiger partial charge >= 0.3 is 5.97 Å². The average Bonchev–Trinajstić information content (AvgIpc) is 2.77. The van der Waals surface area contributed by atoms with Gasteiger partial charge in [0.1, 0.15) is 13.2 Å². The van der Waals surface area contributed by atoms with E-state index in [1.54, 1.807) is 0 Å². The molecule has 6 heteroatoms. The predicted octanol–water partition coefficient (Wildman–Crippen LogP) is -4.35. The summed E-state index contributed by atoms with van der Waals surface area (Å²) in [6.45, 7) is 9.23. The number of likely N-dealkylation sites (N-methyl/N-ethyl adjacent to an activating group) is 1. The summed E-state index contributed by atoms with van der Waals surface area (Å²) >= 11 is 0. The van der Waals surface area contributed by atoms with E-state index in [2.05, 4.69) is 35.0 Å². The number of carbonyl (C=O) groups is 1. The molecule has 0 aromatic carbocycles. The van der Waals surface area contributed by atoms with E-state index in [9.17, 15) is 4.79 Å². The number of rotatable bonds is 7. The van der Waals surface area contributed by atoms with Gasteiger partial charge in [0.05, 0.1) is 53.2 Å². The van der Waals surface area contributed by atoms with E-state index in [0.717, 1.165) is 22.1 Å². The molecule has 0 aliphatic carbocycles. The molecular formula is C15H32I2N2O2. The van der Waals surface area contributed by atoms with Crippen molar-refractivity contribution >= 4 is 5.97 Å². The molecule has 0 amide bonds. The smallest absolute Gasteiger partial charge is 0.312 e. The van der Waals surface area contributed by atoms with Gasteiger partial charge in [0.15, 0.2) is 0 Å². The van der Waals surface area contributed by atoms with Gasteiger partial charge in [-0.3, -0.25) is 4.79 Å². The predicted molar refractivity (Wildman–Crippen MR) is 77.7 cm³/mol. The van der Waals surface area contributed by atoms with Crippen molar-refractivity contribution < 1.29 is 66.5 Å². The highest BCUT2D eigenvalue weighted by molar-refractivity contribution is 5.69. The quantitative estimate of drug-likeness (QED) is 0.191. The Bertz CT molecular complexity index is 306. The fourth-order valence-corrected chi connectivity index (χ4v) is 2.58. The number of hydrogen-bond acceptors (Lipinski definition) is 2. The third-order valence-electron chi connectivity index (χ3n) is 4.93. The average molecular weight is 526 g/mol. The van der Waals surface area contributed by atoms with Crippen molar-refractivity contribution in [2.75, 3.05) is 53.9 Å². The molecule has 0 aromatic rings. The van der Waals surface area contributed by atoms with Crippen LogP contribution in [0.1, 0.15) is 33.1 Å². The van der Waals surface area contributed by atoms with Crippen LogP contribution in [0.4, 0.5) is 0 Å². The molecule has 1 rings (SSSR count). The van der Waals surface area contributed by atoms with Crippen molar-refractivity contribution in [3.8, 4) is 0 Å². The number of nitrogens with zero attached hydrogens (tertiary/aromatic N) is 2. The normalized spacial score (nSPS) is 18.3. The van der Waals surface area contributed by atoms with Crippen LogP contribution in [0.15, 0.2) is 0 Å². The van der Waals surface area contributed by atoms with E-state index >= 15 is 0 Å². The zero-order chi connectivity index (χ0) is 14.5. The lowest BCUT2D eigenvalue weighted by Crippen LogP contribution is -3.00. The fraction of sp³-hybridized carbons (Fsp3) is 0.933. The summed E-state index contributed by atoms with van der Waals surface area (Å²) in [6.07, 6.45) is 3.13. The van der Waals surface area contributed by atoms with Crippen LogP contribution >= 0.6 is 0 Å². The lowest BCUT2D eigenvalue weighted by atomic mass is 10.2. The second kappa shape index (κ2) is 10.6. The zero-order valence-electron chi connectivity index (χ0n) is 14.2. The van der Waals surface area contributed by atoms with Crippen molar-refractivity contribution in [2.45, 2.75) is 39.2 Å². The maximum Gasteiger partial charge on any atom is 0.312 e. The molecule has 1 atom stereocenters. The van der Waals surface area contributed by atoms with Crippen LogP contribution in [0.25, 0.3) is 0 Å². The van der Waals surface area contributed by atoms with Gasteiger partial charge in [0.25, 0.3) is 0 Å². The molecule has 0 saturated carbocycles. The van der Waals surface area contributed by atoms with E-state index < -0.39 is 0 Å². The van der Waals surface area contributed by atoms with Crippen LogP contribution in [-0.4, -0.2) is 74.9 Å². The van der Waals surface area contributed by atoms with Gasteiger partial charge in [-0.25, -0.2) is 0 Å². The molecule has 1 aliphatic rings. The number of halogens is 2. The van der Waals surface area contributed by atoms with Gasteiger partial charge in [0.2, 0.25) is 0 Å². The third-order valence-corrected chi connectivity index (χ3v) is 4.93. The van der Waals surface area contributed by atoms with E-state index in [0.29, 0.717) is 19.1 Å². The number of carbonyl (C=O) groups excluding carboxylic acids is 1. The lowest BCUT2D eigenvalue weighted by Gasteiger charge is -2.35. The number of esters is 1. The van der Waals surface area contributed by atoms with E-state index in [1.807, 2.05) is 0 Å². The second-order valence-electron chi connectivity index (χ2n) is 6.88. The molecule has 0 aromatic heterocycles.